The first-order chi connectivity index (χ1) is 6.55. The second-order valence-corrected chi connectivity index (χ2v) is 4.47. The Kier molecular flexibility index (Phi) is 3.45. The standard InChI is InChI=1S/C13H18O/c1-4-5-8-12(14)11-7-6-9-13(2,3)10-11/h4,6-7,9H,1,5,8,10H2,2-3H3. The quantitative estimate of drug-likeness (QED) is 0.621. The lowest BCUT2D eigenvalue weighted by Crippen LogP contribution is -2.16. The van der Waals surface area contributed by atoms with Crippen molar-refractivity contribution in [3.63, 3.8) is 0 Å². The SMILES string of the molecule is C=CCCC(=O)C1=CC=CC(C)(C)C1. The summed E-state index contributed by atoms with van der Waals surface area (Å²) in [4.78, 5) is 11.7. The number of allylic oxidation sites excluding steroid dienone is 5. The van der Waals surface area contributed by atoms with Crippen LogP contribution in [0.4, 0.5) is 0 Å². The molecule has 0 heterocycles. The minimum absolute atomic E-state index is 0.133. The van der Waals surface area contributed by atoms with Gasteiger partial charge in [0.2, 0.25) is 0 Å². The van der Waals surface area contributed by atoms with E-state index >= 15 is 0 Å². The summed E-state index contributed by atoms with van der Waals surface area (Å²) in [5, 5.41) is 0. The highest BCUT2D eigenvalue weighted by Gasteiger charge is 2.21. The second kappa shape index (κ2) is 4.41. The number of rotatable bonds is 4. The molecule has 0 unspecified atom stereocenters. The molecular formula is C13H18O. The van der Waals surface area contributed by atoms with E-state index in [0.717, 1.165) is 18.4 Å². The maximum Gasteiger partial charge on any atom is 0.159 e. The molecule has 0 radical (unpaired) electrons. The van der Waals surface area contributed by atoms with E-state index in [1.165, 1.54) is 0 Å². The van der Waals surface area contributed by atoms with Crippen LogP contribution < -0.4 is 0 Å². The van der Waals surface area contributed by atoms with Crippen LogP contribution >= 0.6 is 0 Å². The molecule has 0 N–H and O–H groups in total. The minimum Gasteiger partial charge on any atom is -0.295 e. The highest BCUT2D eigenvalue weighted by atomic mass is 16.1. The van der Waals surface area contributed by atoms with Crippen LogP contribution in [0.25, 0.3) is 0 Å². The van der Waals surface area contributed by atoms with Crippen LogP contribution in [-0.4, -0.2) is 5.78 Å². The van der Waals surface area contributed by atoms with Gasteiger partial charge in [-0.05, 0) is 23.8 Å². The van der Waals surface area contributed by atoms with Gasteiger partial charge in [-0.1, -0.05) is 38.2 Å². The van der Waals surface area contributed by atoms with Crippen molar-refractivity contribution in [3.05, 3.63) is 36.5 Å². The van der Waals surface area contributed by atoms with Crippen molar-refractivity contribution >= 4 is 5.78 Å². The molecule has 0 atom stereocenters. The molecule has 0 saturated carbocycles. The molecule has 0 spiro atoms. The molecule has 1 heteroatoms. The molecule has 1 aliphatic carbocycles. The number of hydrogen-bond acceptors (Lipinski definition) is 1. The van der Waals surface area contributed by atoms with E-state index < -0.39 is 0 Å². The fourth-order valence-corrected chi connectivity index (χ4v) is 1.62. The maximum atomic E-state index is 11.7. The number of carbonyl (C=O) groups is 1. The van der Waals surface area contributed by atoms with Gasteiger partial charge in [0.05, 0.1) is 0 Å². The zero-order valence-electron chi connectivity index (χ0n) is 9.05. The summed E-state index contributed by atoms with van der Waals surface area (Å²) in [6.45, 7) is 7.92. The van der Waals surface area contributed by atoms with E-state index in [1.807, 2.05) is 12.2 Å². The van der Waals surface area contributed by atoms with Crippen LogP contribution in [0.2, 0.25) is 0 Å². The fourth-order valence-electron chi connectivity index (χ4n) is 1.62. The molecule has 0 aromatic heterocycles. The Morgan fingerprint density at radius 3 is 2.93 bits per heavy atom. The third-order valence-electron chi connectivity index (χ3n) is 2.42. The zero-order chi connectivity index (χ0) is 10.6. The van der Waals surface area contributed by atoms with Crippen molar-refractivity contribution in [1.82, 2.24) is 0 Å². The van der Waals surface area contributed by atoms with Gasteiger partial charge in [-0.15, -0.1) is 6.58 Å². The molecule has 1 aliphatic rings. The van der Waals surface area contributed by atoms with Crippen molar-refractivity contribution in [3.8, 4) is 0 Å². The van der Waals surface area contributed by atoms with Crippen molar-refractivity contribution in [2.75, 3.05) is 0 Å². The minimum atomic E-state index is 0.133. The van der Waals surface area contributed by atoms with Gasteiger partial charge in [-0.2, -0.15) is 0 Å². The Bertz CT molecular complexity index is 292. The molecule has 0 saturated heterocycles. The molecule has 0 aromatic rings. The van der Waals surface area contributed by atoms with Gasteiger partial charge >= 0.3 is 0 Å². The van der Waals surface area contributed by atoms with Crippen LogP contribution in [0.3, 0.4) is 0 Å². The summed E-state index contributed by atoms with van der Waals surface area (Å²) in [6.07, 6.45) is 10.1. The van der Waals surface area contributed by atoms with Gasteiger partial charge in [0.1, 0.15) is 0 Å². The molecule has 14 heavy (non-hydrogen) atoms. The van der Waals surface area contributed by atoms with Crippen molar-refractivity contribution < 1.29 is 4.79 Å². The highest BCUT2D eigenvalue weighted by molar-refractivity contribution is 5.96. The van der Waals surface area contributed by atoms with Crippen LogP contribution in [-0.2, 0) is 4.79 Å². The molecule has 0 bridgehead atoms. The smallest absolute Gasteiger partial charge is 0.159 e. The lowest BCUT2D eigenvalue weighted by atomic mass is 9.80. The fraction of sp³-hybridized carbons (Fsp3) is 0.462. The third kappa shape index (κ3) is 2.99. The molecule has 1 rings (SSSR count). The average molecular weight is 190 g/mol. The predicted molar refractivity (Wildman–Crippen MR) is 60.1 cm³/mol. The summed E-state index contributed by atoms with van der Waals surface area (Å²) < 4.78 is 0. The Hall–Kier alpha value is -1.11. The first-order valence-electron chi connectivity index (χ1n) is 5.08. The number of carbonyl (C=O) groups excluding carboxylic acids is 1. The van der Waals surface area contributed by atoms with Gasteiger partial charge in [-0.3, -0.25) is 4.79 Å². The van der Waals surface area contributed by atoms with Crippen molar-refractivity contribution in [2.24, 2.45) is 5.41 Å². The monoisotopic (exact) mass is 190 g/mol. The molecular weight excluding hydrogens is 172 g/mol. The molecule has 76 valence electrons. The largest absolute Gasteiger partial charge is 0.295 e. The molecule has 0 amide bonds. The molecule has 0 aromatic carbocycles. The van der Waals surface area contributed by atoms with Crippen LogP contribution in [0.15, 0.2) is 36.5 Å². The Balaban J connectivity index is 2.61. The Labute approximate surface area is 86.2 Å². The summed E-state index contributed by atoms with van der Waals surface area (Å²) in [5.41, 5.74) is 1.09. The van der Waals surface area contributed by atoms with Gasteiger partial charge in [0.25, 0.3) is 0 Å². The lowest BCUT2D eigenvalue weighted by Gasteiger charge is -2.24. The zero-order valence-corrected chi connectivity index (χ0v) is 9.05. The van der Waals surface area contributed by atoms with Crippen molar-refractivity contribution in [2.45, 2.75) is 33.1 Å². The van der Waals surface area contributed by atoms with Crippen molar-refractivity contribution in [1.29, 1.82) is 0 Å². The first-order valence-corrected chi connectivity index (χ1v) is 5.08. The van der Waals surface area contributed by atoms with Crippen LogP contribution in [0, 0.1) is 5.41 Å². The van der Waals surface area contributed by atoms with E-state index in [1.54, 1.807) is 6.08 Å². The lowest BCUT2D eigenvalue weighted by molar-refractivity contribution is -0.115. The first kappa shape index (κ1) is 11.0. The van der Waals surface area contributed by atoms with E-state index in [9.17, 15) is 4.79 Å². The summed E-state index contributed by atoms with van der Waals surface area (Å²) in [7, 11) is 0. The normalized spacial score (nSPS) is 18.9. The number of ketones is 1. The second-order valence-electron chi connectivity index (χ2n) is 4.47. The van der Waals surface area contributed by atoms with Gasteiger partial charge in [0.15, 0.2) is 5.78 Å². The predicted octanol–water partition coefficient (Wildman–Crippen LogP) is 3.43. The molecule has 0 fully saturated rings. The summed E-state index contributed by atoms with van der Waals surface area (Å²) in [5.74, 6) is 0.266. The number of hydrogen-bond donors (Lipinski definition) is 0. The Morgan fingerprint density at radius 2 is 2.36 bits per heavy atom. The van der Waals surface area contributed by atoms with Crippen LogP contribution in [0.1, 0.15) is 33.1 Å². The van der Waals surface area contributed by atoms with Gasteiger partial charge < -0.3 is 0 Å². The van der Waals surface area contributed by atoms with E-state index in [-0.39, 0.29) is 11.2 Å². The average Bonchev–Trinajstić information content (AvgIpc) is 2.12. The van der Waals surface area contributed by atoms with Gasteiger partial charge in [-0.25, -0.2) is 0 Å². The van der Waals surface area contributed by atoms with E-state index in [2.05, 4.69) is 26.5 Å². The molecule has 1 nitrogen and oxygen atoms in total. The molecule has 0 aliphatic heterocycles. The number of Topliss-reactive ketones (excluding diaryl/α,β-unsaturated/α-hetero) is 1. The van der Waals surface area contributed by atoms with E-state index in [4.69, 9.17) is 0 Å². The topological polar surface area (TPSA) is 17.1 Å². The van der Waals surface area contributed by atoms with Gasteiger partial charge in [0, 0.05) is 6.42 Å². The highest BCUT2D eigenvalue weighted by Crippen LogP contribution is 2.31. The maximum absolute atomic E-state index is 11.7. The van der Waals surface area contributed by atoms with Crippen LogP contribution in [0.5, 0.6) is 0 Å². The van der Waals surface area contributed by atoms with E-state index in [0.29, 0.717) is 6.42 Å². The third-order valence-corrected chi connectivity index (χ3v) is 2.42. The summed E-state index contributed by atoms with van der Waals surface area (Å²) >= 11 is 0. The summed E-state index contributed by atoms with van der Waals surface area (Å²) in [6, 6.07) is 0. The Morgan fingerprint density at radius 1 is 1.64 bits per heavy atom.